The second kappa shape index (κ2) is 8.85. The van der Waals surface area contributed by atoms with Gasteiger partial charge >= 0.3 is 0 Å². The van der Waals surface area contributed by atoms with E-state index in [9.17, 15) is 4.39 Å². The fraction of sp³-hybridized carbons (Fsp3) is 0.0357. The highest BCUT2D eigenvalue weighted by atomic mass is 32.2. The number of anilines is 2. The highest BCUT2D eigenvalue weighted by Gasteiger charge is 2.13. The van der Waals surface area contributed by atoms with Crippen LogP contribution in [0.25, 0.3) is 33.1 Å². The number of hydrogen-bond acceptors (Lipinski definition) is 6. The van der Waals surface area contributed by atoms with Crippen molar-refractivity contribution in [3.05, 3.63) is 103 Å². The van der Waals surface area contributed by atoms with Gasteiger partial charge in [0.05, 0.1) is 11.2 Å². The van der Waals surface area contributed by atoms with E-state index in [4.69, 9.17) is 4.42 Å². The number of nitrogens with one attached hydrogen (secondary N) is 1. The zero-order valence-corrected chi connectivity index (χ0v) is 19.5. The maximum atomic E-state index is 14.2. The van der Waals surface area contributed by atoms with Crippen molar-refractivity contribution in [3.8, 4) is 11.3 Å². The summed E-state index contributed by atoms with van der Waals surface area (Å²) >= 11 is 1.62. The lowest BCUT2D eigenvalue weighted by Crippen LogP contribution is -1.99. The number of aryl methyl sites for hydroxylation is 1. The summed E-state index contributed by atoms with van der Waals surface area (Å²) in [6.45, 7) is 1.74. The molecule has 0 aliphatic carbocycles. The Hall–Kier alpha value is -4.23. The molecule has 0 aliphatic heterocycles. The van der Waals surface area contributed by atoms with Gasteiger partial charge in [-0.15, -0.1) is 10.2 Å². The minimum atomic E-state index is -0.256. The van der Waals surface area contributed by atoms with E-state index in [1.165, 1.54) is 6.07 Å². The first kappa shape index (κ1) is 21.3. The third kappa shape index (κ3) is 4.11. The van der Waals surface area contributed by atoms with Gasteiger partial charge in [-0.05, 0) is 48.9 Å². The topological polar surface area (TPSA) is 63.8 Å². The summed E-state index contributed by atoms with van der Waals surface area (Å²) in [4.78, 5) is 6.40. The van der Waals surface area contributed by atoms with E-state index in [1.807, 2.05) is 66.7 Å². The molecule has 0 spiro atoms. The van der Waals surface area contributed by atoms with Gasteiger partial charge in [0.2, 0.25) is 0 Å². The number of aromatic nitrogens is 3. The summed E-state index contributed by atoms with van der Waals surface area (Å²) < 4.78 is 19.8. The van der Waals surface area contributed by atoms with Crippen molar-refractivity contribution in [1.29, 1.82) is 0 Å². The minimum Gasteiger partial charge on any atom is -0.461 e. The number of rotatable bonds is 5. The van der Waals surface area contributed by atoms with Crippen molar-refractivity contribution in [2.45, 2.75) is 16.7 Å². The average Bonchev–Trinajstić information content (AvgIpc) is 3.37. The Morgan fingerprint density at radius 2 is 1.71 bits per heavy atom. The molecule has 35 heavy (non-hydrogen) atoms. The van der Waals surface area contributed by atoms with E-state index in [1.54, 1.807) is 37.2 Å². The van der Waals surface area contributed by atoms with Crippen molar-refractivity contribution in [3.63, 3.8) is 0 Å². The molecule has 3 aromatic carbocycles. The maximum Gasteiger partial charge on any atom is 0.166 e. The van der Waals surface area contributed by atoms with Gasteiger partial charge in [-0.1, -0.05) is 48.2 Å². The largest absolute Gasteiger partial charge is 0.461 e. The zero-order chi connectivity index (χ0) is 23.8. The lowest BCUT2D eigenvalue weighted by molar-refractivity contribution is 0.608. The van der Waals surface area contributed by atoms with Crippen LogP contribution in [0.15, 0.2) is 106 Å². The van der Waals surface area contributed by atoms with Crippen LogP contribution >= 0.6 is 11.8 Å². The number of furan rings is 1. The molecule has 0 radical (unpaired) electrons. The Bertz CT molecular complexity index is 1680. The second-order valence-corrected chi connectivity index (χ2v) is 9.22. The van der Waals surface area contributed by atoms with Crippen LogP contribution in [0, 0.1) is 12.7 Å². The smallest absolute Gasteiger partial charge is 0.166 e. The fourth-order valence-corrected chi connectivity index (χ4v) is 4.85. The lowest BCUT2D eigenvalue weighted by atomic mass is 10.0. The van der Waals surface area contributed by atoms with Crippen molar-refractivity contribution in [1.82, 2.24) is 15.2 Å². The molecule has 6 rings (SSSR count). The molecule has 3 heterocycles. The molecule has 0 bridgehead atoms. The van der Waals surface area contributed by atoms with Gasteiger partial charge in [0, 0.05) is 39.2 Å². The van der Waals surface area contributed by atoms with E-state index >= 15 is 0 Å². The Morgan fingerprint density at radius 1 is 0.886 bits per heavy atom. The van der Waals surface area contributed by atoms with Gasteiger partial charge in [-0.3, -0.25) is 4.98 Å². The Kier molecular flexibility index (Phi) is 5.39. The molecule has 170 valence electrons. The molecule has 0 aliphatic rings. The summed E-state index contributed by atoms with van der Waals surface area (Å²) in [5.41, 5.74) is 4.47. The van der Waals surface area contributed by atoms with Crippen LogP contribution in [0.2, 0.25) is 0 Å². The number of pyridine rings is 1. The van der Waals surface area contributed by atoms with E-state index < -0.39 is 0 Å². The van der Waals surface area contributed by atoms with Crippen molar-refractivity contribution in [2.75, 3.05) is 5.32 Å². The number of fused-ring (bicyclic) bond motifs is 2. The molecule has 7 heteroatoms. The second-order valence-electron chi connectivity index (χ2n) is 8.10. The third-order valence-corrected chi connectivity index (χ3v) is 6.83. The molecular weight excluding hydrogens is 459 g/mol. The summed E-state index contributed by atoms with van der Waals surface area (Å²) in [6, 6.07) is 24.9. The molecule has 0 amide bonds. The van der Waals surface area contributed by atoms with Crippen molar-refractivity contribution < 1.29 is 8.81 Å². The van der Waals surface area contributed by atoms with E-state index in [-0.39, 0.29) is 5.82 Å². The normalized spacial score (nSPS) is 11.3. The molecule has 0 unspecified atom stereocenters. The van der Waals surface area contributed by atoms with Gasteiger partial charge < -0.3 is 9.73 Å². The molecule has 6 aromatic rings. The monoisotopic (exact) mass is 478 g/mol. The molecular formula is C28H19FN4OS. The predicted octanol–water partition coefficient (Wildman–Crippen LogP) is 7.78. The summed E-state index contributed by atoms with van der Waals surface area (Å²) in [5, 5.41) is 14.1. The standard InChI is InChI=1S/C28H19FN4OS/c1-17-6-7-18(16-23(17)29)26-21-4-2-3-5-22(21)28(33-32-26)31-19-8-10-20(11-9-19)35-25-12-14-30-24-13-15-34-27(24)25/h2-16H,1H3,(H,31,33). The summed E-state index contributed by atoms with van der Waals surface area (Å²) in [6.07, 6.45) is 3.44. The van der Waals surface area contributed by atoms with Gasteiger partial charge in [-0.25, -0.2) is 4.39 Å². The molecule has 0 saturated heterocycles. The van der Waals surface area contributed by atoms with Crippen LogP contribution in [-0.2, 0) is 0 Å². The maximum absolute atomic E-state index is 14.2. The van der Waals surface area contributed by atoms with Crippen LogP contribution in [-0.4, -0.2) is 15.2 Å². The van der Waals surface area contributed by atoms with Crippen LogP contribution in [0.3, 0.4) is 0 Å². The van der Waals surface area contributed by atoms with Crippen LogP contribution < -0.4 is 5.32 Å². The van der Waals surface area contributed by atoms with Gasteiger partial charge in [0.1, 0.15) is 17.0 Å². The molecule has 0 atom stereocenters. The molecule has 0 fully saturated rings. The lowest BCUT2D eigenvalue weighted by Gasteiger charge is -2.12. The number of halogens is 1. The Balaban J connectivity index is 1.29. The summed E-state index contributed by atoms with van der Waals surface area (Å²) in [7, 11) is 0. The summed E-state index contributed by atoms with van der Waals surface area (Å²) in [5.74, 6) is 0.386. The first-order chi connectivity index (χ1) is 17.2. The van der Waals surface area contributed by atoms with Crippen molar-refractivity contribution >= 4 is 45.1 Å². The number of hydrogen-bond donors (Lipinski definition) is 1. The Morgan fingerprint density at radius 3 is 2.54 bits per heavy atom. The SMILES string of the molecule is Cc1ccc(-c2nnc(Nc3ccc(Sc4ccnc5ccoc45)cc3)c3ccccc23)cc1F. The number of nitrogens with zero attached hydrogens (tertiary/aromatic N) is 3. The van der Waals surface area contributed by atoms with E-state index in [0.717, 1.165) is 37.4 Å². The number of benzene rings is 3. The molecule has 0 saturated carbocycles. The van der Waals surface area contributed by atoms with Crippen molar-refractivity contribution in [2.24, 2.45) is 0 Å². The third-order valence-electron chi connectivity index (χ3n) is 5.79. The van der Waals surface area contributed by atoms with Gasteiger partial charge in [-0.2, -0.15) is 0 Å². The van der Waals surface area contributed by atoms with Crippen LogP contribution in [0.4, 0.5) is 15.9 Å². The molecule has 1 N–H and O–H groups in total. The molecule has 5 nitrogen and oxygen atoms in total. The van der Waals surface area contributed by atoms with Gasteiger partial charge in [0.15, 0.2) is 11.4 Å². The van der Waals surface area contributed by atoms with Crippen LogP contribution in [0.5, 0.6) is 0 Å². The van der Waals surface area contributed by atoms with E-state index in [0.29, 0.717) is 22.6 Å². The predicted molar refractivity (Wildman–Crippen MR) is 138 cm³/mol. The average molecular weight is 479 g/mol. The highest BCUT2D eigenvalue weighted by molar-refractivity contribution is 7.99. The quantitative estimate of drug-likeness (QED) is 0.273. The van der Waals surface area contributed by atoms with E-state index in [2.05, 4.69) is 20.5 Å². The highest BCUT2D eigenvalue weighted by Crippen LogP contribution is 2.35. The minimum absolute atomic E-state index is 0.256. The van der Waals surface area contributed by atoms with Crippen LogP contribution in [0.1, 0.15) is 5.56 Å². The first-order valence-corrected chi connectivity index (χ1v) is 11.9. The molecule has 3 aromatic heterocycles. The van der Waals surface area contributed by atoms with Gasteiger partial charge in [0.25, 0.3) is 0 Å². The Labute approximate surface area is 205 Å². The first-order valence-electron chi connectivity index (χ1n) is 11.0. The fourth-order valence-electron chi connectivity index (χ4n) is 3.95. The zero-order valence-electron chi connectivity index (χ0n) is 18.7.